The van der Waals surface area contributed by atoms with Crippen LogP contribution in [0.3, 0.4) is 0 Å². The van der Waals surface area contributed by atoms with Crippen LogP contribution in [0.25, 0.3) is 5.69 Å². The molecule has 92 valence electrons. The van der Waals surface area contributed by atoms with Gasteiger partial charge in [-0.15, -0.1) is 23.4 Å². The van der Waals surface area contributed by atoms with Gasteiger partial charge in [0.1, 0.15) is 0 Å². The Kier molecular flexibility index (Phi) is 3.18. The summed E-state index contributed by atoms with van der Waals surface area (Å²) < 4.78 is 1.70. The molecule has 1 aliphatic heterocycles. The summed E-state index contributed by atoms with van der Waals surface area (Å²) in [6.07, 6.45) is 2.62. The zero-order valence-electron chi connectivity index (χ0n) is 9.67. The Hall–Kier alpha value is -1.19. The molecule has 0 saturated carbocycles. The molecule has 1 atom stereocenters. The number of aromatic nitrogens is 1. The summed E-state index contributed by atoms with van der Waals surface area (Å²) in [6.45, 7) is 0. The van der Waals surface area contributed by atoms with Crippen LogP contribution in [0.5, 0.6) is 0 Å². The van der Waals surface area contributed by atoms with Gasteiger partial charge in [0.05, 0.1) is 0 Å². The molecule has 0 aliphatic carbocycles. The van der Waals surface area contributed by atoms with Crippen LogP contribution >= 0.6 is 23.4 Å². The predicted octanol–water partition coefficient (Wildman–Crippen LogP) is 3.09. The molecule has 0 fully saturated rings. The smallest absolute Gasteiger partial charge is 0.259 e. The van der Waals surface area contributed by atoms with E-state index in [0.717, 1.165) is 22.6 Å². The van der Waals surface area contributed by atoms with Gasteiger partial charge in [0.25, 0.3) is 5.56 Å². The van der Waals surface area contributed by atoms with Crippen LogP contribution in [0, 0.1) is 0 Å². The number of thioether (sulfide) groups is 1. The number of halogens is 1. The highest BCUT2D eigenvalue weighted by molar-refractivity contribution is 8.00. The molecule has 2 heterocycles. The van der Waals surface area contributed by atoms with Crippen LogP contribution in [0.1, 0.15) is 5.56 Å². The Bertz CT molecular complexity index is 623. The quantitative estimate of drug-likeness (QED) is 0.787. The Morgan fingerprint density at radius 1 is 1.28 bits per heavy atom. The number of alkyl halides is 1. The average Bonchev–Trinajstić information content (AvgIpc) is 2.84. The fraction of sp³-hybridized carbons (Fsp3) is 0.214. The molecule has 1 aliphatic rings. The normalized spacial score (nSPS) is 17.7. The Labute approximate surface area is 115 Å². The van der Waals surface area contributed by atoms with E-state index in [1.54, 1.807) is 16.3 Å². The maximum absolute atomic E-state index is 12.4. The van der Waals surface area contributed by atoms with Gasteiger partial charge < -0.3 is 0 Å². The first-order valence-electron chi connectivity index (χ1n) is 5.82. The maximum atomic E-state index is 12.4. The lowest BCUT2D eigenvalue weighted by Gasteiger charge is -2.07. The third kappa shape index (κ3) is 1.98. The molecule has 4 heteroatoms. The van der Waals surface area contributed by atoms with Crippen molar-refractivity contribution in [1.82, 2.24) is 4.57 Å². The second-order valence-electron chi connectivity index (χ2n) is 4.27. The van der Waals surface area contributed by atoms with Gasteiger partial charge >= 0.3 is 0 Å². The topological polar surface area (TPSA) is 22.0 Å². The Morgan fingerprint density at radius 3 is 2.78 bits per heavy atom. The lowest BCUT2D eigenvalue weighted by atomic mass is 10.1. The fourth-order valence-electron chi connectivity index (χ4n) is 2.19. The van der Waals surface area contributed by atoms with Gasteiger partial charge in [-0.05, 0) is 24.6 Å². The number of nitrogens with zero attached hydrogens (tertiary/aromatic N) is 1. The summed E-state index contributed by atoms with van der Waals surface area (Å²) >= 11 is 7.59. The summed E-state index contributed by atoms with van der Waals surface area (Å²) in [5.41, 5.74) is 1.89. The first-order chi connectivity index (χ1) is 8.79. The minimum Gasteiger partial charge on any atom is -0.284 e. The molecule has 18 heavy (non-hydrogen) atoms. The molecule has 0 spiro atoms. The highest BCUT2D eigenvalue weighted by atomic mass is 35.5. The number of rotatable bonds is 2. The van der Waals surface area contributed by atoms with E-state index < -0.39 is 0 Å². The molecule has 0 radical (unpaired) electrons. The van der Waals surface area contributed by atoms with Crippen LogP contribution < -0.4 is 5.56 Å². The third-order valence-corrected chi connectivity index (χ3v) is 4.94. The van der Waals surface area contributed by atoms with Gasteiger partial charge in [-0.1, -0.05) is 18.2 Å². The van der Waals surface area contributed by atoms with E-state index >= 15 is 0 Å². The highest BCUT2D eigenvalue weighted by Crippen LogP contribution is 2.35. The largest absolute Gasteiger partial charge is 0.284 e. The minimum atomic E-state index is 0.0822. The SMILES string of the molecule is O=c1c2c(ccn1-c1ccccc1)SC(CCl)C2. The van der Waals surface area contributed by atoms with Gasteiger partial charge in [0.2, 0.25) is 0 Å². The van der Waals surface area contributed by atoms with Gasteiger partial charge in [-0.3, -0.25) is 9.36 Å². The van der Waals surface area contributed by atoms with E-state index in [0.29, 0.717) is 11.1 Å². The summed E-state index contributed by atoms with van der Waals surface area (Å²) in [4.78, 5) is 13.5. The van der Waals surface area contributed by atoms with Gasteiger partial charge in [0.15, 0.2) is 0 Å². The van der Waals surface area contributed by atoms with Crippen molar-refractivity contribution >= 4 is 23.4 Å². The minimum absolute atomic E-state index is 0.0822. The monoisotopic (exact) mass is 277 g/mol. The van der Waals surface area contributed by atoms with Crippen LogP contribution in [-0.4, -0.2) is 15.7 Å². The number of para-hydroxylation sites is 1. The number of hydrogen-bond donors (Lipinski definition) is 0. The summed E-state index contributed by atoms with van der Waals surface area (Å²) in [5.74, 6) is 0.587. The Morgan fingerprint density at radius 2 is 2.06 bits per heavy atom. The average molecular weight is 278 g/mol. The molecule has 1 aromatic carbocycles. The number of pyridine rings is 1. The van der Waals surface area contributed by atoms with Crippen LogP contribution in [-0.2, 0) is 6.42 Å². The van der Waals surface area contributed by atoms with Crippen LogP contribution in [0.4, 0.5) is 0 Å². The molecule has 0 bridgehead atoms. The highest BCUT2D eigenvalue weighted by Gasteiger charge is 2.24. The van der Waals surface area contributed by atoms with E-state index in [1.165, 1.54) is 0 Å². The lowest BCUT2D eigenvalue weighted by molar-refractivity contribution is 0.886. The maximum Gasteiger partial charge on any atom is 0.259 e. The van der Waals surface area contributed by atoms with E-state index in [-0.39, 0.29) is 5.56 Å². The first-order valence-corrected chi connectivity index (χ1v) is 7.23. The molecular weight excluding hydrogens is 266 g/mol. The number of fused-ring (bicyclic) bond motifs is 1. The fourth-order valence-corrected chi connectivity index (χ4v) is 3.61. The molecule has 1 aromatic heterocycles. The first kappa shape index (κ1) is 11.9. The van der Waals surface area contributed by atoms with Gasteiger partial charge in [-0.2, -0.15) is 0 Å². The molecular formula is C14H12ClNOS. The third-order valence-electron chi connectivity index (χ3n) is 3.08. The van der Waals surface area contributed by atoms with Crippen molar-refractivity contribution < 1.29 is 0 Å². The van der Waals surface area contributed by atoms with Crippen molar-refractivity contribution in [3.8, 4) is 5.69 Å². The lowest BCUT2D eigenvalue weighted by Crippen LogP contribution is -2.22. The van der Waals surface area contributed by atoms with Gasteiger partial charge in [0, 0.05) is 33.5 Å². The van der Waals surface area contributed by atoms with Crippen molar-refractivity contribution in [3.05, 3.63) is 58.5 Å². The molecule has 0 saturated heterocycles. The Balaban J connectivity index is 2.09. The zero-order valence-corrected chi connectivity index (χ0v) is 11.2. The van der Waals surface area contributed by atoms with E-state index in [9.17, 15) is 4.79 Å². The number of benzene rings is 1. The van der Waals surface area contributed by atoms with E-state index in [1.807, 2.05) is 42.6 Å². The van der Waals surface area contributed by atoms with Crippen molar-refractivity contribution in [2.24, 2.45) is 0 Å². The molecule has 0 N–H and O–H groups in total. The summed E-state index contributed by atoms with van der Waals surface area (Å²) in [6, 6.07) is 11.7. The molecule has 2 nitrogen and oxygen atoms in total. The standard InChI is InChI=1S/C14H12ClNOS/c15-9-11-8-12-13(18-11)6-7-16(14(12)17)10-4-2-1-3-5-10/h1-7,11H,8-9H2. The zero-order chi connectivity index (χ0) is 12.5. The summed E-state index contributed by atoms with van der Waals surface area (Å²) in [7, 11) is 0. The molecule has 0 amide bonds. The van der Waals surface area contributed by atoms with Gasteiger partial charge in [-0.25, -0.2) is 0 Å². The van der Waals surface area contributed by atoms with Crippen molar-refractivity contribution in [1.29, 1.82) is 0 Å². The summed E-state index contributed by atoms with van der Waals surface area (Å²) in [5, 5.41) is 0.334. The molecule has 2 aromatic rings. The van der Waals surface area contributed by atoms with E-state index in [2.05, 4.69) is 0 Å². The van der Waals surface area contributed by atoms with E-state index in [4.69, 9.17) is 11.6 Å². The van der Waals surface area contributed by atoms with Crippen LogP contribution in [0.2, 0.25) is 0 Å². The molecule has 3 rings (SSSR count). The van der Waals surface area contributed by atoms with Crippen molar-refractivity contribution in [2.45, 2.75) is 16.6 Å². The van der Waals surface area contributed by atoms with Crippen molar-refractivity contribution in [3.63, 3.8) is 0 Å². The predicted molar refractivity (Wildman–Crippen MR) is 76.1 cm³/mol. The second kappa shape index (κ2) is 4.82. The van der Waals surface area contributed by atoms with Crippen LogP contribution in [0.15, 0.2) is 52.3 Å². The molecule has 1 unspecified atom stereocenters. The second-order valence-corrected chi connectivity index (χ2v) is 5.92. The van der Waals surface area contributed by atoms with Crippen molar-refractivity contribution in [2.75, 3.05) is 5.88 Å². The number of hydrogen-bond acceptors (Lipinski definition) is 2.